The SMILES string of the molecule is C\C=C/C(C=O)=C\C=C\CC. The van der Waals surface area contributed by atoms with E-state index >= 15 is 0 Å². The highest BCUT2D eigenvalue weighted by atomic mass is 16.1. The maximum Gasteiger partial charge on any atom is 0.150 e. The van der Waals surface area contributed by atoms with E-state index in [1.807, 2.05) is 25.2 Å². The lowest BCUT2D eigenvalue weighted by Gasteiger charge is -1.83. The second-order valence-corrected chi connectivity index (χ2v) is 2.12. The van der Waals surface area contributed by atoms with Gasteiger partial charge >= 0.3 is 0 Å². The number of carbonyl (C=O) groups excluding carboxylic acids is 1. The minimum Gasteiger partial charge on any atom is -0.298 e. The van der Waals surface area contributed by atoms with Crippen LogP contribution in [0.3, 0.4) is 0 Å². The second kappa shape index (κ2) is 7.00. The fourth-order valence-electron chi connectivity index (χ4n) is 0.642. The molecular formula is C10H14O. The van der Waals surface area contributed by atoms with Crippen molar-refractivity contribution in [2.75, 3.05) is 0 Å². The van der Waals surface area contributed by atoms with Gasteiger partial charge in [0, 0.05) is 5.57 Å². The lowest BCUT2D eigenvalue weighted by Crippen LogP contribution is -1.75. The Morgan fingerprint density at radius 3 is 2.64 bits per heavy atom. The van der Waals surface area contributed by atoms with Gasteiger partial charge in [0.25, 0.3) is 0 Å². The van der Waals surface area contributed by atoms with Crippen LogP contribution >= 0.6 is 0 Å². The summed E-state index contributed by atoms with van der Waals surface area (Å²) in [5, 5.41) is 0. The van der Waals surface area contributed by atoms with Crippen molar-refractivity contribution in [3.05, 3.63) is 36.0 Å². The van der Waals surface area contributed by atoms with Crippen LogP contribution in [0.1, 0.15) is 20.3 Å². The van der Waals surface area contributed by atoms with E-state index in [1.54, 1.807) is 12.2 Å². The molecule has 0 unspecified atom stereocenters. The van der Waals surface area contributed by atoms with Crippen molar-refractivity contribution < 1.29 is 4.79 Å². The molecule has 60 valence electrons. The topological polar surface area (TPSA) is 17.1 Å². The molecule has 1 nitrogen and oxygen atoms in total. The molecule has 0 atom stereocenters. The summed E-state index contributed by atoms with van der Waals surface area (Å²) in [6, 6.07) is 0. The van der Waals surface area contributed by atoms with E-state index in [0.717, 1.165) is 12.7 Å². The van der Waals surface area contributed by atoms with Crippen molar-refractivity contribution in [3.8, 4) is 0 Å². The maximum absolute atomic E-state index is 10.3. The molecule has 0 saturated carbocycles. The van der Waals surface area contributed by atoms with Crippen LogP contribution in [0.4, 0.5) is 0 Å². The molecule has 0 aliphatic heterocycles. The zero-order chi connectivity index (χ0) is 8.53. The fourth-order valence-corrected chi connectivity index (χ4v) is 0.642. The molecule has 11 heavy (non-hydrogen) atoms. The van der Waals surface area contributed by atoms with Crippen LogP contribution in [0.5, 0.6) is 0 Å². The summed E-state index contributed by atoms with van der Waals surface area (Å²) in [5.41, 5.74) is 0.706. The van der Waals surface area contributed by atoms with E-state index in [2.05, 4.69) is 6.92 Å². The van der Waals surface area contributed by atoms with E-state index in [1.165, 1.54) is 0 Å². The number of allylic oxidation sites excluding steroid dienone is 6. The number of rotatable bonds is 4. The van der Waals surface area contributed by atoms with Crippen LogP contribution in [0.2, 0.25) is 0 Å². The van der Waals surface area contributed by atoms with Crippen LogP contribution in [-0.4, -0.2) is 6.29 Å². The van der Waals surface area contributed by atoms with Crippen LogP contribution < -0.4 is 0 Å². The largest absolute Gasteiger partial charge is 0.298 e. The quantitative estimate of drug-likeness (QED) is 0.342. The molecule has 0 aliphatic rings. The molecule has 0 N–H and O–H groups in total. The Morgan fingerprint density at radius 2 is 2.18 bits per heavy atom. The van der Waals surface area contributed by atoms with Gasteiger partial charge in [-0.05, 0) is 13.3 Å². The summed E-state index contributed by atoms with van der Waals surface area (Å²) in [7, 11) is 0. The zero-order valence-electron chi connectivity index (χ0n) is 7.08. The minimum atomic E-state index is 0.706. The minimum absolute atomic E-state index is 0.706. The van der Waals surface area contributed by atoms with Gasteiger partial charge in [0.1, 0.15) is 6.29 Å². The smallest absolute Gasteiger partial charge is 0.150 e. The molecule has 0 aromatic heterocycles. The monoisotopic (exact) mass is 150 g/mol. The molecule has 0 saturated heterocycles. The van der Waals surface area contributed by atoms with E-state index in [4.69, 9.17) is 0 Å². The van der Waals surface area contributed by atoms with Crippen LogP contribution in [0.25, 0.3) is 0 Å². The van der Waals surface area contributed by atoms with Crippen LogP contribution in [0.15, 0.2) is 36.0 Å². The number of carbonyl (C=O) groups is 1. The molecule has 1 heteroatoms. The van der Waals surface area contributed by atoms with Gasteiger partial charge in [-0.25, -0.2) is 0 Å². The van der Waals surface area contributed by atoms with E-state index in [0.29, 0.717) is 5.57 Å². The predicted octanol–water partition coefficient (Wildman–Crippen LogP) is 2.65. The van der Waals surface area contributed by atoms with Gasteiger partial charge < -0.3 is 0 Å². The lowest BCUT2D eigenvalue weighted by molar-refractivity contribution is -0.104. The Morgan fingerprint density at radius 1 is 1.45 bits per heavy atom. The molecule has 0 radical (unpaired) electrons. The predicted molar refractivity (Wildman–Crippen MR) is 48.4 cm³/mol. The summed E-state index contributed by atoms with van der Waals surface area (Å²) in [6.45, 7) is 3.95. The highest BCUT2D eigenvalue weighted by Gasteiger charge is 1.82. The van der Waals surface area contributed by atoms with E-state index in [-0.39, 0.29) is 0 Å². The Bertz CT molecular complexity index is 185. The Hall–Kier alpha value is -1.11. The van der Waals surface area contributed by atoms with Gasteiger partial charge in [-0.3, -0.25) is 4.79 Å². The Labute approximate surface area is 68.1 Å². The first kappa shape index (κ1) is 9.89. The number of hydrogen-bond acceptors (Lipinski definition) is 1. The summed E-state index contributed by atoms with van der Waals surface area (Å²) >= 11 is 0. The molecule has 0 amide bonds. The van der Waals surface area contributed by atoms with Gasteiger partial charge in [-0.15, -0.1) is 0 Å². The summed E-state index contributed by atoms with van der Waals surface area (Å²) in [4.78, 5) is 10.3. The highest BCUT2D eigenvalue weighted by molar-refractivity contribution is 5.77. The molecular weight excluding hydrogens is 136 g/mol. The third-order valence-electron chi connectivity index (χ3n) is 1.16. The maximum atomic E-state index is 10.3. The first-order valence-electron chi connectivity index (χ1n) is 3.79. The van der Waals surface area contributed by atoms with Crippen molar-refractivity contribution in [2.45, 2.75) is 20.3 Å². The van der Waals surface area contributed by atoms with E-state index in [9.17, 15) is 4.79 Å². The number of aldehydes is 1. The summed E-state index contributed by atoms with van der Waals surface area (Å²) in [6.07, 6.45) is 11.2. The third kappa shape index (κ3) is 5.34. The molecule has 0 rings (SSSR count). The lowest BCUT2D eigenvalue weighted by atomic mass is 10.2. The van der Waals surface area contributed by atoms with Gasteiger partial charge in [0.15, 0.2) is 0 Å². The Kier molecular flexibility index (Phi) is 6.30. The van der Waals surface area contributed by atoms with Gasteiger partial charge in [-0.1, -0.05) is 37.3 Å². The first-order chi connectivity index (χ1) is 5.35. The molecule has 0 fully saturated rings. The number of hydrogen-bond donors (Lipinski definition) is 0. The van der Waals surface area contributed by atoms with Crippen molar-refractivity contribution in [2.24, 2.45) is 0 Å². The highest BCUT2D eigenvalue weighted by Crippen LogP contribution is 1.93. The van der Waals surface area contributed by atoms with Crippen molar-refractivity contribution in [3.63, 3.8) is 0 Å². The molecule has 0 spiro atoms. The van der Waals surface area contributed by atoms with Gasteiger partial charge in [-0.2, -0.15) is 0 Å². The van der Waals surface area contributed by atoms with Crippen molar-refractivity contribution in [1.29, 1.82) is 0 Å². The average Bonchev–Trinajstić information content (AvgIpc) is 2.03. The third-order valence-corrected chi connectivity index (χ3v) is 1.16. The first-order valence-corrected chi connectivity index (χ1v) is 3.79. The van der Waals surface area contributed by atoms with Crippen LogP contribution in [-0.2, 0) is 4.79 Å². The molecule has 0 aromatic carbocycles. The van der Waals surface area contributed by atoms with Gasteiger partial charge in [0.05, 0.1) is 0 Å². The zero-order valence-corrected chi connectivity index (χ0v) is 7.08. The molecule has 0 aliphatic carbocycles. The normalized spacial score (nSPS) is 13.1. The van der Waals surface area contributed by atoms with Crippen LogP contribution in [0, 0.1) is 0 Å². The fraction of sp³-hybridized carbons (Fsp3) is 0.300. The van der Waals surface area contributed by atoms with Gasteiger partial charge in [0.2, 0.25) is 0 Å². The summed E-state index contributed by atoms with van der Waals surface area (Å²) in [5.74, 6) is 0. The molecule has 0 aromatic rings. The van der Waals surface area contributed by atoms with Crippen molar-refractivity contribution in [1.82, 2.24) is 0 Å². The standard InChI is InChI=1S/C10H14O/c1-3-5-6-8-10(9-11)7-4-2/h4-9H,3H2,1-2H3/b6-5+,7-4-,10-8+. The second-order valence-electron chi connectivity index (χ2n) is 2.12. The molecule has 0 bridgehead atoms. The molecule has 0 heterocycles. The summed E-state index contributed by atoms with van der Waals surface area (Å²) < 4.78 is 0. The van der Waals surface area contributed by atoms with E-state index < -0.39 is 0 Å². The Balaban J connectivity index is 4.11. The average molecular weight is 150 g/mol. The van der Waals surface area contributed by atoms with Crippen molar-refractivity contribution >= 4 is 6.29 Å².